The van der Waals surface area contributed by atoms with Gasteiger partial charge in [-0.3, -0.25) is 0 Å². The van der Waals surface area contributed by atoms with Crippen LogP contribution in [0.15, 0.2) is 0 Å². The molecule has 2 aliphatic rings. The van der Waals surface area contributed by atoms with E-state index in [0.29, 0.717) is 11.5 Å². The second-order valence-corrected chi connectivity index (χ2v) is 5.28. The van der Waals surface area contributed by atoms with E-state index in [2.05, 4.69) is 0 Å². The van der Waals surface area contributed by atoms with Crippen molar-refractivity contribution in [2.45, 2.75) is 51.0 Å². The standard InChI is InChI=1S/C12H21ClO/c1-14-11-6-4-5-10(11)12(9-13)7-2-3-8-12/h10-11H,2-9H2,1H3. The van der Waals surface area contributed by atoms with Crippen LogP contribution in [0.5, 0.6) is 0 Å². The van der Waals surface area contributed by atoms with Gasteiger partial charge in [-0.25, -0.2) is 0 Å². The third-order valence-corrected chi connectivity index (χ3v) is 4.94. The summed E-state index contributed by atoms with van der Waals surface area (Å²) >= 11 is 6.21. The lowest BCUT2D eigenvalue weighted by atomic mass is 9.73. The summed E-state index contributed by atoms with van der Waals surface area (Å²) in [5.41, 5.74) is 0.429. The molecular formula is C12H21ClO. The second-order valence-electron chi connectivity index (χ2n) is 5.01. The minimum atomic E-state index is 0.429. The van der Waals surface area contributed by atoms with E-state index in [4.69, 9.17) is 16.3 Å². The zero-order valence-electron chi connectivity index (χ0n) is 9.10. The highest BCUT2D eigenvalue weighted by Gasteiger charge is 2.46. The molecule has 0 saturated heterocycles. The topological polar surface area (TPSA) is 9.23 Å². The lowest BCUT2D eigenvalue weighted by molar-refractivity contribution is 0.0168. The molecule has 2 saturated carbocycles. The molecule has 1 nitrogen and oxygen atoms in total. The summed E-state index contributed by atoms with van der Waals surface area (Å²) in [5.74, 6) is 1.59. The van der Waals surface area contributed by atoms with E-state index < -0.39 is 0 Å². The van der Waals surface area contributed by atoms with Gasteiger partial charge in [0.2, 0.25) is 0 Å². The zero-order chi connectivity index (χ0) is 10.0. The molecule has 14 heavy (non-hydrogen) atoms. The third-order valence-electron chi connectivity index (χ3n) is 4.41. The number of alkyl halides is 1. The van der Waals surface area contributed by atoms with Gasteiger partial charge in [0.15, 0.2) is 0 Å². The van der Waals surface area contributed by atoms with Crippen LogP contribution in [0.1, 0.15) is 44.9 Å². The number of halogens is 1. The first kappa shape index (κ1) is 10.8. The van der Waals surface area contributed by atoms with Crippen LogP contribution in [0.4, 0.5) is 0 Å². The number of hydrogen-bond donors (Lipinski definition) is 0. The lowest BCUT2D eigenvalue weighted by Gasteiger charge is -2.36. The third kappa shape index (κ3) is 1.69. The average molecular weight is 217 g/mol. The molecule has 0 bridgehead atoms. The smallest absolute Gasteiger partial charge is 0.0605 e. The number of methoxy groups -OCH3 is 1. The van der Waals surface area contributed by atoms with Gasteiger partial charge in [-0.2, -0.15) is 0 Å². The highest BCUT2D eigenvalue weighted by atomic mass is 35.5. The van der Waals surface area contributed by atoms with Crippen molar-refractivity contribution in [1.82, 2.24) is 0 Å². The summed E-state index contributed by atoms with van der Waals surface area (Å²) in [6.45, 7) is 0. The first-order chi connectivity index (χ1) is 6.82. The van der Waals surface area contributed by atoms with Gasteiger partial charge < -0.3 is 4.74 Å². The summed E-state index contributed by atoms with van der Waals surface area (Å²) in [7, 11) is 1.86. The number of hydrogen-bond acceptors (Lipinski definition) is 1. The molecule has 0 aromatic rings. The molecule has 0 aromatic carbocycles. The molecule has 0 heterocycles. The van der Waals surface area contributed by atoms with E-state index in [1.807, 2.05) is 7.11 Å². The van der Waals surface area contributed by atoms with Crippen molar-refractivity contribution in [2.24, 2.45) is 11.3 Å². The molecule has 0 aliphatic heterocycles. The van der Waals surface area contributed by atoms with Crippen LogP contribution in [-0.4, -0.2) is 19.1 Å². The maximum absolute atomic E-state index is 6.21. The maximum Gasteiger partial charge on any atom is 0.0605 e. The molecule has 2 fully saturated rings. The fraction of sp³-hybridized carbons (Fsp3) is 1.00. The van der Waals surface area contributed by atoms with E-state index in [1.54, 1.807) is 0 Å². The first-order valence-corrected chi connectivity index (χ1v) is 6.44. The van der Waals surface area contributed by atoms with Gasteiger partial charge >= 0.3 is 0 Å². The molecule has 0 spiro atoms. The summed E-state index contributed by atoms with van der Waals surface area (Å²) in [6.07, 6.45) is 9.83. The molecule has 2 rings (SSSR count). The Balaban J connectivity index is 2.10. The predicted molar refractivity (Wildman–Crippen MR) is 59.8 cm³/mol. The van der Waals surface area contributed by atoms with E-state index >= 15 is 0 Å². The molecule has 2 unspecified atom stereocenters. The van der Waals surface area contributed by atoms with Crippen molar-refractivity contribution >= 4 is 11.6 Å². The highest BCUT2D eigenvalue weighted by Crippen LogP contribution is 2.51. The van der Waals surface area contributed by atoms with Crippen molar-refractivity contribution in [3.63, 3.8) is 0 Å². The molecule has 2 aliphatic carbocycles. The monoisotopic (exact) mass is 216 g/mol. The molecule has 82 valence electrons. The summed E-state index contributed by atoms with van der Waals surface area (Å²) in [6, 6.07) is 0. The minimum absolute atomic E-state index is 0.429. The molecule has 2 atom stereocenters. The maximum atomic E-state index is 6.21. The Morgan fingerprint density at radius 3 is 2.50 bits per heavy atom. The SMILES string of the molecule is COC1CCCC1C1(CCl)CCCC1. The summed E-state index contributed by atoms with van der Waals surface area (Å²) in [4.78, 5) is 0. The van der Waals surface area contributed by atoms with Gasteiger partial charge in [-0.1, -0.05) is 19.3 Å². The fourth-order valence-corrected chi connectivity index (χ4v) is 4.06. The van der Waals surface area contributed by atoms with Crippen molar-refractivity contribution in [1.29, 1.82) is 0 Å². The van der Waals surface area contributed by atoms with E-state index in [9.17, 15) is 0 Å². The largest absolute Gasteiger partial charge is 0.381 e. The molecular weight excluding hydrogens is 196 g/mol. The minimum Gasteiger partial charge on any atom is -0.381 e. The van der Waals surface area contributed by atoms with Gasteiger partial charge in [0.1, 0.15) is 0 Å². The average Bonchev–Trinajstić information content (AvgIpc) is 2.86. The van der Waals surface area contributed by atoms with Crippen molar-refractivity contribution in [3.05, 3.63) is 0 Å². The van der Waals surface area contributed by atoms with Crippen LogP contribution in [0, 0.1) is 11.3 Å². The summed E-state index contributed by atoms with van der Waals surface area (Å²) in [5, 5.41) is 0. The molecule has 0 aromatic heterocycles. The van der Waals surface area contributed by atoms with Crippen LogP contribution in [-0.2, 0) is 4.74 Å². The van der Waals surface area contributed by atoms with Gasteiger partial charge in [0.05, 0.1) is 6.10 Å². The fourth-order valence-electron chi connectivity index (χ4n) is 3.59. The van der Waals surface area contributed by atoms with Gasteiger partial charge in [0, 0.05) is 13.0 Å². The Kier molecular flexibility index (Phi) is 3.38. The number of rotatable bonds is 3. The van der Waals surface area contributed by atoms with E-state index in [1.165, 1.54) is 44.9 Å². The second kappa shape index (κ2) is 4.40. The Labute approximate surface area is 92.2 Å². The Bertz CT molecular complexity index is 187. The van der Waals surface area contributed by atoms with Crippen LogP contribution in [0.3, 0.4) is 0 Å². The highest BCUT2D eigenvalue weighted by molar-refractivity contribution is 6.18. The zero-order valence-corrected chi connectivity index (χ0v) is 9.85. The van der Waals surface area contributed by atoms with Crippen molar-refractivity contribution < 1.29 is 4.74 Å². The van der Waals surface area contributed by atoms with Crippen molar-refractivity contribution in [3.8, 4) is 0 Å². The van der Waals surface area contributed by atoms with Crippen LogP contribution in [0.25, 0.3) is 0 Å². The molecule has 0 amide bonds. The van der Waals surface area contributed by atoms with Crippen LogP contribution in [0.2, 0.25) is 0 Å². The first-order valence-electron chi connectivity index (χ1n) is 5.91. The molecule has 0 radical (unpaired) electrons. The predicted octanol–water partition coefficient (Wildman–Crippen LogP) is 3.60. The Hall–Kier alpha value is 0.250. The number of ether oxygens (including phenoxy) is 1. The van der Waals surface area contributed by atoms with Gasteiger partial charge in [-0.15, -0.1) is 11.6 Å². The van der Waals surface area contributed by atoms with Gasteiger partial charge in [0.25, 0.3) is 0 Å². The lowest BCUT2D eigenvalue weighted by Crippen LogP contribution is -2.35. The van der Waals surface area contributed by atoms with Crippen LogP contribution < -0.4 is 0 Å². The summed E-state index contributed by atoms with van der Waals surface area (Å²) < 4.78 is 5.60. The quantitative estimate of drug-likeness (QED) is 0.655. The normalized spacial score (nSPS) is 36.4. The molecule has 2 heteroatoms. The Morgan fingerprint density at radius 1 is 1.21 bits per heavy atom. The van der Waals surface area contributed by atoms with E-state index in [0.717, 1.165) is 11.8 Å². The Morgan fingerprint density at radius 2 is 1.93 bits per heavy atom. The van der Waals surface area contributed by atoms with Crippen LogP contribution >= 0.6 is 11.6 Å². The van der Waals surface area contributed by atoms with E-state index in [-0.39, 0.29) is 0 Å². The van der Waals surface area contributed by atoms with Crippen molar-refractivity contribution in [2.75, 3.05) is 13.0 Å². The molecule has 0 N–H and O–H groups in total. The van der Waals surface area contributed by atoms with Gasteiger partial charge in [-0.05, 0) is 37.0 Å².